The molecule has 1 fully saturated rings. The first-order valence-corrected chi connectivity index (χ1v) is 6.84. The van der Waals surface area contributed by atoms with Gasteiger partial charge in [-0.3, -0.25) is 0 Å². The van der Waals surface area contributed by atoms with Gasteiger partial charge in [0.1, 0.15) is 12.7 Å². The molecular weight excluding hydrogens is 256 g/mol. The first-order valence-electron chi connectivity index (χ1n) is 6.84. The van der Waals surface area contributed by atoms with Gasteiger partial charge in [0.15, 0.2) is 0 Å². The fourth-order valence-corrected chi connectivity index (χ4v) is 2.73. The van der Waals surface area contributed by atoms with Crippen molar-refractivity contribution in [2.24, 2.45) is 0 Å². The molecular formula is C12H18N8. The minimum absolute atomic E-state index is 0.203. The fourth-order valence-electron chi connectivity index (χ4n) is 2.73. The predicted molar refractivity (Wildman–Crippen MR) is 74.4 cm³/mol. The SMILES string of the molecule is CCC1CCC(C)N1c1nc(N)nc(-n2cncn2)n1. The molecule has 0 aliphatic carbocycles. The van der Waals surface area contributed by atoms with Crippen molar-refractivity contribution in [3.8, 4) is 5.95 Å². The van der Waals surface area contributed by atoms with Crippen LogP contribution in [-0.2, 0) is 0 Å². The largest absolute Gasteiger partial charge is 0.368 e. The molecule has 1 aliphatic heterocycles. The summed E-state index contributed by atoms with van der Waals surface area (Å²) in [5.41, 5.74) is 5.82. The highest BCUT2D eigenvalue weighted by molar-refractivity contribution is 5.41. The van der Waals surface area contributed by atoms with Crippen molar-refractivity contribution in [1.82, 2.24) is 29.7 Å². The highest BCUT2D eigenvalue weighted by Crippen LogP contribution is 2.29. The van der Waals surface area contributed by atoms with Crippen LogP contribution in [0.4, 0.5) is 11.9 Å². The maximum absolute atomic E-state index is 5.82. The molecule has 0 radical (unpaired) electrons. The lowest BCUT2D eigenvalue weighted by atomic mass is 10.2. The van der Waals surface area contributed by atoms with Gasteiger partial charge < -0.3 is 10.6 Å². The Hall–Kier alpha value is -2.25. The smallest absolute Gasteiger partial charge is 0.258 e. The van der Waals surface area contributed by atoms with E-state index in [9.17, 15) is 0 Å². The predicted octanol–water partition coefficient (Wildman–Crippen LogP) is 0.802. The number of nitrogens with zero attached hydrogens (tertiary/aromatic N) is 7. The van der Waals surface area contributed by atoms with E-state index in [1.165, 1.54) is 11.0 Å². The van der Waals surface area contributed by atoms with Gasteiger partial charge in [-0.2, -0.15) is 24.7 Å². The van der Waals surface area contributed by atoms with Crippen LogP contribution in [0.2, 0.25) is 0 Å². The zero-order chi connectivity index (χ0) is 14.1. The lowest BCUT2D eigenvalue weighted by Gasteiger charge is -2.28. The molecule has 3 heterocycles. The molecule has 1 saturated heterocycles. The summed E-state index contributed by atoms with van der Waals surface area (Å²) in [7, 11) is 0. The summed E-state index contributed by atoms with van der Waals surface area (Å²) in [6.07, 6.45) is 6.34. The van der Waals surface area contributed by atoms with E-state index in [1.54, 1.807) is 6.33 Å². The monoisotopic (exact) mass is 274 g/mol. The van der Waals surface area contributed by atoms with Crippen molar-refractivity contribution in [1.29, 1.82) is 0 Å². The number of hydrogen-bond donors (Lipinski definition) is 1. The summed E-state index contributed by atoms with van der Waals surface area (Å²) in [4.78, 5) is 19.0. The molecule has 2 N–H and O–H groups in total. The van der Waals surface area contributed by atoms with Crippen LogP contribution in [-0.4, -0.2) is 41.8 Å². The summed E-state index contributed by atoms with van der Waals surface area (Å²) in [5, 5.41) is 4.03. The van der Waals surface area contributed by atoms with E-state index in [-0.39, 0.29) is 5.95 Å². The summed E-state index contributed by atoms with van der Waals surface area (Å²) in [6.45, 7) is 4.36. The Labute approximate surface area is 117 Å². The minimum atomic E-state index is 0.203. The normalized spacial score (nSPS) is 22.4. The minimum Gasteiger partial charge on any atom is -0.368 e. The second-order valence-corrected chi connectivity index (χ2v) is 5.03. The van der Waals surface area contributed by atoms with E-state index < -0.39 is 0 Å². The first kappa shape index (κ1) is 12.8. The quantitative estimate of drug-likeness (QED) is 0.883. The van der Waals surface area contributed by atoms with Gasteiger partial charge in [-0.15, -0.1) is 0 Å². The summed E-state index contributed by atoms with van der Waals surface area (Å²) >= 11 is 0. The number of nitrogens with two attached hydrogens (primary N) is 1. The highest BCUT2D eigenvalue weighted by atomic mass is 15.4. The number of aromatic nitrogens is 6. The molecule has 0 spiro atoms. The summed E-state index contributed by atoms with van der Waals surface area (Å²) < 4.78 is 1.49. The van der Waals surface area contributed by atoms with Gasteiger partial charge in [-0.05, 0) is 26.2 Å². The van der Waals surface area contributed by atoms with E-state index in [0.29, 0.717) is 24.0 Å². The Morgan fingerprint density at radius 3 is 2.75 bits per heavy atom. The molecule has 0 amide bonds. The average molecular weight is 274 g/mol. The number of anilines is 2. The summed E-state index contributed by atoms with van der Waals surface area (Å²) in [6, 6.07) is 0.862. The van der Waals surface area contributed by atoms with Crippen molar-refractivity contribution < 1.29 is 0 Å². The molecule has 106 valence electrons. The first-order chi connectivity index (χ1) is 9.69. The van der Waals surface area contributed by atoms with Crippen LogP contribution >= 0.6 is 0 Å². The lowest BCUT2D eigenvalue weighted by Crippen LogP contribution is -2.36. The van der Waals surface area contributed by atoms with Crippen molar-refractivity contribution in [2.75, 3.05) is 10.6 Å². The standard InChI is InChI=1S/C12H18N8/c1-3-9-5-4-8(2)20(9)12-17-10(13)16-11(18-12)19-7-14-6-15-19/h6-9H,3-5H2,1-2H3,(H2,13,16,17,18). The molecule has 0 saturated carbocycles. The van der Waals surface area contributed by atoms with Crippen molar-refractivity contribution in [2.45, 2.75) is 45.2 Å². The topological polar surface area (TPSA) is 98.6 Å². The molecule has 20 heavy (non-hydrogen) atoms. The van der Waals surface area contributed by atoms with E-state index in [0.717, 1.165) is 19.3 Å². The third kappa shape index (κ3) is 2.17. The number of rotatable bonds is 3. The molecule has 3 rings (SSSR count). The Bertz CT molecular complexity index is 581. The molecule has 1 aliphatic rings. The Kier molecular flexibility index (Phi) is 3.21. The second kappa shape index (κ2) is 5.03. The Morgan fingerprint density at radius 2 is 2.05 bits per heavy atom. The number of nitrogen functional groups attached to an aromatic ring is 1. The fraction of sp³-hybridized carbons (Fsp3) is 0.583. The van der Waals surface area contributed by atoms with Gasteiger partial charge in [-0.25, -0.2) is 4.98 Å². The van der Waals surface area contributed by atoms with Gasteiger partial charge in [-0.1, -0.05) is 6.92 Å². The van der Waals surface area contributed by atoms with Gasteiger partial charge in [0.2, 0.25) is 11.9 Å². The van der Waals surface area contributed by atoms with E-state index >= 15 is 0 Å². The van der Waals surface area contributed by atoms with Crippen molar-refractivity contribution in [3.05, 3.63) is 12.7 Å². The Morgan fingerprint density at radius 1 is 1.25 bits per heavy atom. The van der Waals surface area contributed by atoms with Crippen LogP contribution in [0, 0.1) is 0 Å². The van der Waals surface area contributed by atoms with Gasteiger partial charge in [0.25, 0.3) is 5.95 Å². The molecule has 8 nitrogen and oxygen atoms in total. The van der Waals surface area contributed by atoms with Crippen LogP contribution in [0.3, 0.4) is 0 Å². The molecule has 0 aromatic carbocycles. The molecule has 2 atom stereocenters. The second-order valence-electron chi connectivity index (χ2n) is 5.03. The van der Waals surface area contributed by atoms with E-state index in [2.05, 4.69) is 43.8 Å². The van der Waals surface area contributed by atoms with Gasteiger partial charge in [0.05, 0.1) is 0 Å². The maximum Gasteiger partial charge on any atom is 0.258 e. The third-order valence-corrected chi connectivity index (χ3v) is 3.74. The van der Waals surface area contributed by atoms with Crippen molar-refractivity contribution in [3.63, 3.8) is 0 Å². The molecule has 2 aromatic rings. The Balaban J connectivity index is 2.01. The molecule has 2 unspecified atom stereocenters. The van der Waals surface area contributed by atoms with Crippen LogP contribution in [0.5, 0.6) is 0 Å². The van der Waals surface area contributed by atoms with Crippen LogP contribution < -0.4 is 10.6 Å². The third-order valence-electron chi connectivity index (χ3n) is 3.74. The van der Waals surface area contributed by atoms with Crippen LogP contribution in [0.1, 0.15) is 33.1 Å². The molecule has 0 bridgehead atoms. The van der Waals surface area contributed by atoms with E-state index in [4.69, 9.17) is 5.73 Å². The highest BCUT2D eigenvalue weighted by Gasteiger charge is 2.31. The number of hydrogen-bond acceptors (Lipinski definition) is 7. The average Bonchev–Trinajstić information content (AvgIpc) is 3.06. The van der Waals surface area contributed by atoms with E-state index in [1.807, 2.05) is 0 Å². The zero-order valence-electron chi connectivity index (χ0n) is 11.6. The lowest BCUT2D eigenvalue weighted by molar-refractivity contribution is 0.609. The van der Waals surface area contributed by atoms with Crippen LogP contribution in [0.25, 0.3) is 5.95 Å². The maximum atomic E-state index is 5.82. The van der Waals surface area contributed by atoms with Gasteiger partial charge >= 0.3 is 0 Å². The zero-order valence-corrected chi connectivity index (χ0v) is 11.6. The van der Waals surface area contributed by atoms with Crippen molar-refractivity contribution >= 4 is 11.9 Å². The van der Waals surface area contributed by atoms with Gasteiger partial charge in [0, 0.05) is 12.1 Å². The summed E-state index contributed by atoms with van der Waals surface area (Å²) in [5.74, 6) is 1.23. The van der Waals surface area contributed by atoms with Crippen LogP contribution in [0.15, 0.2) is 12.7 Å². The molecule has 2 aromatic heterocycles. The molecule has 8 heteroatoms.